The molecule has 96 valence electrons. The lowest BCUT2D eigenvalue weighted by molar-refractivity contribution is 0.144. The minimum atomic E-state index is 0.506. The molecule has 0 bridgehead atoms. The molecule has 1 aromatic heterocycles. The second kappa shape index (κ2) is 6.21. The molecule has 0 saturated carbocycles. The standard InChI is InChI=1S/C14H17NO3/c1-3-17-12-5-6-13-11(10-12)4-7-14(15-13)18-9-8-16-2/h4-7,10H,3,8-9H2,1-2H3. The first kappa shape index (κ1) is 12.6. The number of ether oxygens (including phenoxy) is 3. The first-order chi connectivity index (χ1) is 8.83. The van der Waals surface area contributed by atoms with Gasteiger partial charge in [0.25, 0.3) is 0 Å². The SMILES string of the molecule is CCOc1ccc2nc(OCCOC)ccc2c1. The molecule has 2 rings (SSSR count). The Hall–Kier alpha value is -1.81. The first-order valence-electron chi connectivity index (χ1n) is 5.99. The summed E-state index contributed by atoms with van der Waals surface area (Å²) in [5, 5.41) is 1.04. The maximum atomic E-state index is 5.46. The zero-order valence-corrected chi connectivity index (χ0v) is 10.7. The van der Waals surface area contributed by atoms with Crippen LogP contribution in [-0.4, -0.2) is 31.9 Å². The van der Waals surface area contributed by atoms with Gasteiger partial charge in [-0.15, -0.1) is 0 Å². The van der Waals surface area contributed by atoms with Crippen molar-refractivity contribution in [2.45, 2.75) is 6.92 Å². The van der Waals surface area contributed by atoms with E-state index in [0.29, 0.717) is 25.7 Å². The Labute approximate surface area is 106 Å². The molecule has 0 saturated heterocycles. The van der Waals surface area contributed by atoms with Crippen LogP contribution in [0.2, 0.25) is 0 Å². The summed E-state index contributed by atoms with van der Waals surface area (Å²) in [7, 11) is 1.65. The molecule has 0 N–H and O–H groups in total. The molecule has 1 aromatic carbocycles. The van der Waals surface area contributed by atoms with E-state index in [4.69, 9.17) is 14.2 Å². The summed E-state index contributed by atoms with van der Waals surface area (Å²) in [6.07, 6.45) is 0. The molecule has 0 fully saturated rings. The summed E-state index contributed by atoms with van der Waals surface area (Å²) in [6, 6.07) is 9.66. The predicted octanol–water partition coefficient (Wildman–Crippen LogP) is 2.66. The molecular formula is C14H17NO3. The molecule has 18 heavy (non-hydrogen) atoms. The molecule has 2 aromatic rings. The van der Waals surface area contributed by atoms with E-state index in [9.17, 15) is 0 Å². The Kier molecular flexibility index (Phi) is 4.36. The third-order valence-corrected chi connectivity index (χ3v) is 2.48. The van der Waals surface area contributed by atoms with Gasteiger partial charge in [-0.2, -0.15) is 0 Å². The van der Waals surface area contributed by atoms with Gasteiger partial charge in [0, 0.05) is 18.6 Å². The number of hydrogen-bond acceptors (Lipinski definition) is 4. The number of benzene rings is 1. The van der Waals surface area contributed by atoms with E-state index in [1.54, 1.807) is 7.11 Å². The lowest BCUT2D eigenvalue weighted by atomic mass is 10.2. The van der Waals surface area contributed by atoms with Crippen molar-refractivity contribution in [1.29, 1.82) is 0 Å². The van der Waals surface area contributed by atoms with Crippen LogP contribution in [0.5, 0.6) is 11.6 Å². The van der Waals surface area contributed by atoms with E-state index in [0.717, 1.165) is 16.7 Å². The third kappa shape index (κ3) is 3.11. The lowest BCUT2D eigenvalue weighted by Crippen LogP contribution is -2.05. The second-order valence-corrected chi connectivity index (χ2v) is 3.78. The van der Waals surface area contributed by atoms with Crippen molar-refractivity contribution in [1.82, 2.24) is 4.98 Å². The highest BCUT2D eigenvalue weighted by Gasteiger charge is 2.01. The van der Waals surface area contributed by atoms with Gasteiger partial charge in [0.05, 0.1) is 18.7 Å². The Morgan fingerprint density at radius 3 is 2.72 bits per heavy atom. The zero-order valence-electron chi connectivity index (χ0n) is 10.7. The van der Waals surface area contributed by atoms with E-state index in [1.165, 1.54) is 0 Å². The van der Waals surface area contributed by atoms with Crippen LogP contribution in [0.15, 0.2) is 30.3 Å². The monoisotopic (exact) mass is 247 g/mol. The summed E-state index contributed by atoms with van der Waals surface area (Å²) >= 11 is 0. The fourth-order valence-corrected chi connectivity index (χ4v) is 1.65. The maximum Gasteiger partial charge on any atom is 0.213 e. The fraction of sp³-hybridized carbons (Fsp3) is 0.357. The molecular weight excluding hydrogens is 230 g/mol. The van der Waals surface area contributed by atoms with Crippen LogP contribution in [0.4, 0.5) is 0 Å². The van der Waals surface area contributed by atoms with Crippen molar-refractivity contribution in [3.63, 3.8) is 0 Å². The molecule has 0 amide bonds. The van der Waals surface area contributed by atoms with E-state index < -0.39 is 0 Å². The van der Waals surface area contributed by atoms with Crippen molar-refractivity contribution >= 4 is 10.9 Å². The lowest BCUT2D eigenvalue weighted by Gasteiger charge is -2.07. The van der Waals surface area contributed by atoms with Crippen LogP contribution in [-0.2, 0) is 4.74 Å². The molecule has 4 nitrogen and oxygen atoms in total. The number of fused-ring (bicyclic) bond motifs is 1. The number of nitrogens with zero attached hydrogens (tertiary/aromatic N) is 1. The third-order valence-electron chi connectivity index (χ3n) is 2.48. The van der Waals surface area contributed by atoms with Gasteiger partial charge in [0.1, 0.15) is 12.4 Å². The van der Waals surface area contributed by atoms with E-state index in [2.05, 4.69) is 4.98 Å². The molecule has 0 radical (unpaired) electrons. The second-order valence-electron chi connectivity index (χ2n) is 3.78. The Bertz CT molecular complexity index is 513. The van der Waals surface area contributed by atoms with Crippen LogP contribution in [0, 0.1) is 0 Å². The number of methoxy groups -OCH3 is 1. The highest BCUT2D eigenvalue weighted by Crippen LogP contribution is 2.21. The van der Waals surface area contributed by atoms with Crippen molar-refractivity contribution in [2.24, 2.45) is 0 Å². The van der Waals surface area contributed by atoms with E-state index in [1.807, 2.05) is 37.3 Å². The normalized spacial score (nSPS) is 10.6. The summed E-state index contributed by atoms with van der Waals surface area (Å²) in [5.74, 6) is 1.48. The molecule has 0 aliphatic carbocycles. The largest absolute Gasteiger partial charge is 0.494 e. The van der Waals surface area contributed by atoms with Gasteiger partial charge in [-0.1, -0.05) is 0 Å². The fourth-order valence-electron chi connectivity index (χ4n) is 1.65. The van der Waals surface area contributed by atoms with Gasteiger partial charge in [-0.3, -0.25) is 0 Å². The number of pyridine rings is 1. The van der Waals surface area contributed by atoms with Crippen molar-refractivity contribution in [2.75, 3.05) is 26.9 Å². The topological polar surface area (TPSA) is 40.6 Å². The quantitative estimate of drug-likeness (QED) is 0.736. The summed E-state index contributed by atoms with van der Waals surface area (Å²) in [6.45, 7) is 3.70. The summed E-state index contributed by atoms with van der Waals surface area (Å²) in [5.41, 5.74) is 0.897. The number of hydrogen-bond donors (Lipinski definition) is 0. The average Bonchev–Trinajstić information content (AvgIpc) is 2.39. The Morgan fingerprint density at radius 1 is 1.06 bits per heavy atom. The molecule has 0 aliphatic rings. The van der Waals surface area contributed by atoms with E-state index in [-0.39, 0.29) is 0 Å². The van der Waals surface area contributed by atoms with Crippen molar-refractivity contribution in [3.8, 4) is 11.6 Å². The molecule has 0 aliphatic heterocycles. The van der Waals surface area contributed by atoms with Crippen molar-refractivity contribution in [3.05, 3.63) is 30.3 Å². The van der Waals surface area contributed by atoms with Crippen molar-refractivity contribution < 1.29 is 14.2 Å². The number of rotatable bonds is 6. The molecule has 0 spiro atoms. The molecule has 0 atom stereocenters. The van der Waals surface area contributed by atoms with Crippen LogP contribution in [0.25, 0.3) is 10.9 Å². The number of aromatic nitrogens is 1. The summed E-state index contributed by atoms with van der Waals surface area (Å²) < 4.78 is 15.8. The minimum absolute atomic E-state index is 0.506. The van der Waals surface area contributed by atoms with Crippen LogP contribution in [0.3, 0.4) is 0 Å². The predicted molar refractivity (Wildman–Crippen MR) is 70.3 cm³/mol. The summed E-state index contributed by atoms with van der Waals surface area (Å²) in [4.78, 5) is 4.41. The van der Waals surface area contributed by atoms with Gasteiger partial charge >= 0.3 is 0 Å². The Morgan fingerprint density at radius 2 is 1.94 bits per heavy atom. The van der Waals surface area contributed by atoms with Gasteiger partial charge < -0.3 is 14.2 Å². The smallest absolute Gasteiger partial charge is 0.213 e. The van der Waals surface area contributed by atoms with Gasteiger partial charge in [-0.05, 0) is 31.2 Å². The van der Waals surface area contributed by atoms with Gasteiger partial charge in [0.15, 0.2) is 0 Å². The van der Waals surface area contributed by atoms with Gasteiger partial charge in [0.2, 0.25) is 5.88 Å². The van der Waals surface area contributed by atoms with Crippen LogP contribution < -0.4 is 9.47 Å². The minimum Gasteiger partial charge on any atom is -0.494 e. The molecule has 0 unspecified atom stereocenters. The Balaban J connectivity index is 2.16. The highest BCUT2D eigenvalue weighted by molar-refractivity contribution is 5.80. The highest BCUT2D eigenvalue weighted by atomic mass is 16.5. The maximum absolute atomic E-state index is 5.46. The zero-order chi connectivity index (χ0) is 12.8. The van der Waals surface area contributed by atoms with E-state index >= 15 is 0 Å². The van der Waals surface area contributed by atoms with Crippen LogP contribution >= 0.6 is 0 Å². The first-order valence-corrected chi connectivity index (χ1v) is 5.99. The molecule has 1 heterocycles. The average molecular weight is 247 g/mol. The molecule has 4 heteroatoms. The van der Waals surface area contributed by atoms with Gasteiger partial charge in [-0.25, -0.2) is 4.98 Å². The van der Waals surface area contributed by atoms with Crippen LogP contribution in [0.1, 0.15) is 6.92 Å².